The number of hydrogen-bond acceptors (Lipinski definition) is 2. The van der Waals surface area contributed by atoms with E-state index in [2.05, 4.69) is 6.07 Å². The third-order valence-electron chi connectivity index (χ3n) is 3.82. The summed E-state index contributed by atoms with van der Waals surface area (Å²) < 4.78 is 38.0. The second-order valence-electron chi connectivity index (χ2n) is 5.28. The molecule has 0 heterocycles. The monoisotopic (exact) mass is 296 g/mol. The zero-order valence-corrected chi connectivity index (χ0v) is 11.4. The first kappa shape index (κ1) is 15.4. The summed E-state index contributed by atoms with van der Waals surface area (Å²) in [6.07, 6.45) is 0.410. The first-order valence-corrected chi connectivity index (χ1v) is 6.77. The average molecular weight is 296 g/mol. The maximum Gasteiger partial charge on any atom is 0.416 e. The van der Waals surface area contributed by atoms with Gasteiger partial charge in [0, 0.05) is 18.4 Å². The first-order chi connectivity index (χ1) is 9.87. The maximum atomic E-state index is 12.5. The minimum Gasteiger partial charge on any atom is -0.623 e. The largest absolute Gasteiger partial charge is 0.623 e. The molecule has 6 heteroatoms. The van der Waals surface area contributed by atoms with Gasteiger partial charge in [0.05, 0.1) is 5.56 Å². The van der Waals surface area contributed by atoms with Crippen LogP contribution in [0.1, 0.15) is 43.2 Å². The molecule has 1 aromatic carbocycles. The summed E-state index contributed by atoms with van der Waals surface area (Å²) in [5.41, 5.74) is -1.48. The van der Waals surface area contributed by atoms with Crippen molar-refractivity contribution in [2.45, 2.75) is 43.8 Å². The topological polar surface area (TPSA) is 49.9 Å². The Bertz CT molecular complexity index is 564. The van der Waals surface area contributed by atoms with Crippen LogP contribution in [-0.2, 0) is 6.18 Å². The highest BCUT2D eigenvalue weighted by molar-refractivity contribution is 5.76. The van der Waals surface area contributed by atoms with Gasteiger partial charge in [0.15, 0.2) is 6.21 Å². The molecular formula is C15H15F3N2O. The maximum absolute atomic E-state index is 12.5. The van der Waals surface area contributed by atoms with Crippen molar-refractivity contribution in [1.29, 1.82) is 5.26 Å². The van der Waals surface area contributed by atoms with Crippen molar-refractivity contribution >= 4 is 6.21 Å². The molecule has 0 atom stereocenters. The summed E-state index contributed by atoms with van der Waals surface area (Å²) in [4.78, 5) is 0. The van der Waals surface area contributed by atoms with Gasteiger partial charge in [0.2, 0.25) is 0 Å². The number of hydroxylamine groups is 1. The minimum absolute atomic E-state index is 0.359. The fourth-order valence-electron chi connectivity index (χ4n) is 2.54. The van der Waals surface area contributed by atoms with Gasteiger partial charge in [-0.15, -0.1) is 0 Å². The van der Waals surface area contributed by atoms with Crippen LogP contribution in [-0.4, -0.2) is 16.5 Å². The molecule has 21 heavy (non-hydrogen) atoms. The third-order valence-corrected chi connectivity index (χ3v) is 3.82. The third kappa shape index (κ3) is 3.35. The Morgan fingerprint density at radius 1 is 1.14 bits per heavy atom. The van der Waals surface area contributed by atoms with E-state index < -0.39 is 17.3 Å². The van der Waals surface area contributed by atoms with Crippen molar-refractivity contribution in [3.05, 3.63) is 40.6 Å². The number of benzene rings is 1. The van der Waals surface area contributed by atoms with Crippen LogP contribution in [0.5, 0.6) is 0 Å². The van der Waals surface area contributed by atoms with Gasteiger partial charge in [0.25, 0.3) is 5.54 Å². The molecule has 0 bridgehead atoms. The number of nitriles is 1. The van der Waals surface area contributed by atoms with Crippen LogP contribution >= 0.6 is 0 Å². The molecule has 0 aliphatic heterocycles. The van der Waals surface area contributed by atoms with Crippen molar-refractivity contribution in [2.24, 2.45) is 0 Å². The Morgan fingerprint density at radius 2 is 1.71 bits per heavy atom. The van der Waals surface area contributed by atoms with Gasteiger partial charge in [0.1, 0.15) is 6.07 Å². The lowest BCUT2D eigenvalue weighted by Gasteiger charge is -2.28. The van der Waals surface area contributed by atoms with Crippen LogP contribution in [0.25, 0.3) is 0 Å². The Labute approximate surface area is 120 Å². The summed E-state index contributed by atoms with van der Waals surface area (Å²) in [6.45, 7) is 0. The molecular weight excluding hydrogens is 281 g/mol. The zero-order chi connectivity index (χ0) is 15.5. The SMILES string of the molecule is N#CC1(/[N+]([O-])=C/c2ccc(C(F)(F)F)cc2)CCCCC1. The lowest BCUT2D eigenvalue weighted by Crippen LogP contribution is -2.40. The Morgan fingerprint density at radius 3 is 2.19 bits per heavy atom. The molecule has 3 nitrogen and oxygen atoms in total. The molecule has 2 rings (SSSR count). The number of alkyl halides is 3. The van der Waals surface area contributed by atoms with Crippen molar-refractivity contribution < 1.29 is 17.9 Å². The van der Waals surface area contributed by atoms with Crippen LogP contribution < -0.4 is 0 Å². The molecule has 1 aromatic rings. The van der Waals surface area contributed by atoms with E-state index in [1.165, 1.54) is 18.3 Å². The van der Waals surface area contributed by atoms with Crippen molar-refractivity contribution in [3.8, 4) is 6.07 Å². The van der Waals surface area contributed by atoms with Gasteiger partial charge in [-0.05, 0) is 37.1 Å². The molecule has 0 spiro atoms. The fraction of sp³-hybridized carbons (Fsp3) is 0.467. The normalized spacial score (nSPS) is 19.0. The predicted octanol–water partition coefficient (Wildman–Crippen LogP) is 3.86. The molecule has 112 valence electrons. The highest BCUT2D eigenvalue weighted by atomic mass is 19.4. The van der Waals surface area contributed by atoms with Crippen LogP contribution in [0.4, 0.5) is 13.2 Å². The zero-order valence-electron chi connectivity index (χ0n) is 11.4. The second kappa shape index (κ2) is 5.76. The van der Waals surface area contributed by atoms with Gasteiger partial charge in [-0.1, -0.05) is 6.42 Å². The minimum atomic E-state index is -4.40. The lowest BCUT2D eigenvalue weighted by molar-refractivity contribution is -0.532. The summed E-state index contributed by atoms with van der Waals surface area (Å²) in [5.74, 6) is 0. The lowest BCUT2D eigenvalue weighted by atomic mass is 9.83. The van der Waals surface area contributed by atoms with E-state index >= 15 is 0 Å². The number of hydrogen-bond donors (Lipinski definition) is 0. The average Bonchev–Trinajstić information content (AvgIpc) is 2.47. The van der Waals surface area contributed by atoms with Crippen LogP contribution in [0.3, 0.4) is 0 Å². The number of halogens is 3. The Hall–Kier alpha value is -2.03. The molecule has 1 saturated carbocycles. The molecule has 0 radical (unpaired) electrons. The van der Waals surface area contributed by atoms with Gasteiger partial charge in [-0.3, -0.25) is 0 Å². The van der Waals surface area contributed by atoms with Gasteiger partial charge in [-0.25, -0.2) is 0 Å². The van der Waals surface area contributed by atoms with E-state index in [9.17, 15) is 23.6 Å². The standard InChI is InChI=1S/C15H15F3N2O/c16-15(17,18)13-6-4-12(5-7-13)10-20(21)14(11-19)8-2-1-3-9-14/h4-7,10H,1-3,8-9H2/b20-10-. The molecule has 1 aliphatic carbocycles. The highest BCUT2D eigenvalue weighted by Gasteiger charge is 2.40. The van der Waals surface area contributed by atoms with Crippen molar-refractivity contribution in [1.82, 2.24) is 0 Å². The van der Waals surface area contributed by atoms with E-state index in [4.69, 9.17) is 0 Å². The van der Waals surface area contributed by atoms with E-state index in [-0.39, 0.29) is 0 Å². The molecule has 1 fully saturated rings. The molecule has 0 aromatic heterocycles. The summed E-state index contributed by atoms with van der Waals surface area (Å²) >= 11 is 0. The molecule has 0 unspecified atom stereocenters. The highest BCUT2D eigenvalue weighted by Crippen LogP contribution is 2.31. The van der Waals surface area contributed by atoms with E-state index in [0.29, 0.717) is 23.1 Å². The van der Waals surface area contributed by atoms with Gasteiger partial charge in [-0.2, -0.15) is 23.2 Å². The summed E-state index contributed by atoms with van der Waals surface area (Å²) in [7, 11) is 0. The van der Waals surface area contributed by atoms with Gasteiger partial charge >= 0.3 is 6.18 Å². The van der Waals surface area contributed by atoms with Crippen molar-refractivity contribution in [3.63, 3.8) is 0 Å². The van der Waals surface area contributed by atoms with Crippen LogP contribution in [0.2, 0.25) is 0 Å². The predicted molar refractivity (Wildman–Crippen MR) is 71.7 cm³/mol. The quantitative estimate of drug-likeness (QED) is 0.360. The first-order valence-electron chi connectivity index (χ1n) is 6.77. The number of rotatable bonds is 2. The number of nitrogens with zero attached hydrogens (tertiary/aromatic N) is 2. The summed E-state index contributed by atoms with van der Waals surface area (Å²) in [5, 5.41) is 21.5. The smallest absolute Gasteiger partial charge is 0.416 e. The fourth-order valence-corrected chi connectivity index (χ4v) is 2.54. The van der Waals surface area contributed by atoms with Crippen LogP contribution in [0.15, 0.2) is 24.3 Å². The molecule has 0 amide bonds. The molecule has 1 aliphatic rings. The van der Waals surface area contributed by atoms with E-state index in [1.807, 2.05) is 0 Å². The Kier molecular flexibility index (Phi) is 4.21. The molecule has 0 saturated heterocycles. The van der Waals surface area contributed by atoms with E-state index in [0.717, 1.165) is 31.4 Å². The van der Waals surface area contributed by atoms with Crippen molar-refractivity contribution in [2.75, 3.05) is 0 Å². The van der Waals surface area contributed by atoms with Crippen LogP contribution in [0, 0.1) is 16.5 Å². The summed E-state index contributed by atoms with van der Waals surface area (Å²) in [6, 6.07) is 6.41. The Balaban J connectivity index is 2.24. The van der Waals surface area contributed by atoms with E-state index in [1.54, 1.807) is 0 Å². The van der Waals surface area contributed by atoms with Gasteiger partial charge < -0.3 is 5.21 Å². The second-order valence-corrected chi connectivity index (χ2v) is 5.28. The molecule has 0 N–H and O–H groups in total.